The quantitative estimate of drug-likeness (QED) is 0.311. The van der Waals surface area contributed by atoms with E-state index in [1.807, 2.05) is 0 Å². The van der Waals surface area contributed by atoms with Gasteiger partial charge in [0, 0.05) is 23.4 Å². The molecule has 4 aromatic rings. The number of ether oxygens (including phenoxy) is 1. The average molecular weight is 532 g/mol. The van der Waals surface area contributed by atoms with Crippen molar-refractivity contribution in [3.8, 4) is 17.0 Å². The standard InChI is InChI=1S/C24H20F4N6O4/c1-12-16(19-5-6-21-31-20(10-34(21)33-19)32-22(36)11-35)8-17(13(2)30-12)23(37)29-9-14-7-15(3-4-18(14)25)38-24(26,27)28/h3-8,10,35H,9,11H2,1-2H3,(H,29,37)(H,32,36). The molecule has 2 amide bonds. The van der Waals surface area contributed by atoms with Gasteiger partial charge in [-0.25, -0.2) is 13.9 Å². The maximum Gasteiger partial charge on any atom is 0.573 e. The Labute approximate surface area is 212 Å². The number of hydrogen-bond donors (Lipinski definition) is 3. The first-order valence-electron chi connectivity index (χ1n) is 11.0. The minimum Gasteiger partial charge on any atom is -0.406 e. The number of fused-ring (bicyclic) bond motifs is 1. The van der Waals surface area contributed by atoms with Crippen LogP contribution < -0.4 is 15.4 Å². The molecule has 38 heavy (non-hydrogen) atoms. The molecule has 4 rings (SSSR count). The second-order valence-electron chi connectivity index (χ2n) is 8.09. The number of aryl methyl sites for hydroxylation is 2. The second-order valence-corrected chi connectivity index (χ2v) is 8.09. The van der Waals surface area contributed by atoms with Gasteiger partial charge in [0.15, 0.2) is 11.5 Å². The zero-order valence-corrected chi connectivity index (χ0v) is 19.9. The number of pyridine rings is 1. The van der Waals surface area contributed by atoms with E-state index in [1.54, 1.807) is 32.0 Å². The molecule has 0 saturated heterocycles. The first-order chi connectivity index (χ1) is 17.9. The van der Waals surface area contributed by atoms with E-state index in [0.29, 0.717) is 28.3 Å². The van der Waals surface area contributed by atoms with Crippen LogP contribution in [0.25, 0.3) is 16.9 Å². The van der Waals surface area contributed by atoms with Crippen LogP contribution in [0.1, 0.15) is 27.3 Å². The van der Waals surface area contributed by atoms with Gasteiger partial charge in [-0.1, -0.05) is 0 Å². The highest BCUT2D eigenvalue weighted by molar-refractivity contribution is 5.96. The van der Waals surface area contributed by atoms with Crippen LogP contribution in [0.2, 0.25) is 0 Å². The second kappa shape index (κ2) is 10.4. The Kier molecular flexibility index (Phi) is 7.26. The Hall–Kier alpha value is -4.59. The van der Waals surface area contributed by atoms with Crippen LogP contribution in [0.15, 0.2) is 42.6 Å². The Bertz CT molecular complexity index is 1540. The van der Waals surface area contributed by atoms with E-state index in [-0.39, 0.29) is 16.9 Å². The lowest BCUT2D eigenvalue weighted by atomic mass is 10.0. The average Bonchev–Trinajstić information content (AvgIpc) is 3.24. The number of carbonyl (C=O) groups is 2. The smallest absolute Gasteiger partial charge is 0.406 e. The summed E-state index contributed by atoms with van der Waals surface area (Å²) in [6, 6.07) is 7.33. The summed E-state index contributed by atoms with van der Waals surface area (Å²) in [5, 5.41) is 18.2. The fourth-order valence-corrected chi connectivity index (χ4v) is 3.64. The van der Waals surface area contributed by atoms with Gasteiger partial charge in [-0.3, -0.25) is 14.6 Å². The Morgan fingerprint density at radius 3 is 2.55 bits per heavy atom. The number of rotatable bonds is 7. The predicted molar refractivity (Wildman–Crippen MR) is 126 cm³/mol. The monoisotopic (exact) mass is 532 g/mol. The van der Waals surface area contributed by atoms with Crippen molar-refractivity contribution < 1.29 is 37.0 Å². The molecule has 10 nitrogen and oxygen atoms in total. The highest BCUT2D eigenvalue weighted by atomic mass is 19.4. The minimum atomic E-state index is -4.94. The van der Waals surface area contributed by atoms with E-state index in [2.05, 4.69) is 30.4 Å². The van der Waals surface area contributed by atoms with Crippen LogP contribution in [-0.4, -0.2) is 49.5 Å². The van der Waals surface area contributed by atoms with Gasteiger partial charge in [0.1, 0.15) is 18.2 Å². The van der Waals surface area contributed by atoms with Crippen molar-refractivity contribution in [2.24, 2.45) is 0 Å². The Balaban J connectivity index is 1.57. The SMILES string of the molecule is Cc1nc(C)c(-c2ccc3nc(NC(=O)CO)cn3n2)cc1C(=O)NCc1cc(OC(F)(F)F)ccc1F. The summed E-state index contributed by atoms with van der Waals surface area (Å²) in [6.45, 7) is 2.22. The number of nitrogens with zero attached hydrogens (tertiary/aromatic N) is 4. The van der Waals surface area contributed by atoms with Gasteiger partial charge in [-0.2, -0.15) is 5.10 Å². The first-order valence-corrected chi connectivity index (χ1v) is 11.0. The summed E-state index contributed by atoms with van der Waals surface area (Å²) in [6.07, 6.45) is -3.50. The molecule has 0 atom stereocenters. The number of carbonyl (C=O) groups excluding carboxylic acids is 2. The maximum absolute atomic E-state index is 14.1. The van der Waals surface area contributed by atoms with Crippen LogP contribution in [0.4, 0.5) is 23.4 Å². The number of alkyl halides is 3. The van der Waals surface area contributed by atoms with Crippen LogP contribution >= 0.6 is 0 Å². The molecule has 3 heterocycles. The number of benzene rings is 1. The third-order valence-corrected chi connectivity index (χ3v) is 5.35. The number of aliphatic hydroxyl groups is 1. The molecule has 0 radical (unpaired) electrons. The molecule has 0 aliphatic heterocycles. The summed E-state index contributed by atoms with van der Waals surface area (Å²) in [5.41, 5.74) is 2.22. The summed E-state index contributed by atoms with van der Waals surface area (Å²) >= 11 is 0. The lowest BCUT2D eigenvalue weighted by Gasteiger charge is -2.13. The van der Waals surface area contributed by atoms with E-state index in [9.17, 15) is 27.2 Å². The topological polar surface area (TPSA) is 131 Å². The summed E-state index contributed by atoms with van der Waals surface area (Å²) in [7, 11) is 0. The van der Waals surface area contributed by atoms with E-state index < -0.39 is 42.9 Å². The molecular formula is C24H20F4N6O4. The maximum atomic E-state index is 14.1. The summed E-state index contributed by atoms with van der Waals surface area (Å²) in [5.74, 6) is -2.51. The van der Waals surface area contributed by atoms with E-state index in [0.717, 1.165) is 18.2 Å². The number of amides is 2. The highest BCUT2D eigenvalue weighted by Crippen LogP contribution is 2.26. The van der Waals surface area contributed by atoms with Crippen LogP contribution in [-0.2, 0) is 11.3 Å². The van der Waals surface area contributed by atoms with Crippen LogP contribution in [0.5, 0.6) is 5.75 Å². The highest BCUT2D eigenvalue weighted by Gasteiger charge is 2.31. The van der Waals surface area contributed by atoms with Crippen molar-refractivity contribution in [1.82, 2.24) is 24.9 Å². The summed E-state index contributed by atoms with van der Waals surface area (Å²) in [4.78, 5) is 32.9. The molecule has 0 unspecified atom stereocenters. The number of nitrogens with one attached hydrogen (secondary N) is 2. The van der Waals surface area contributed by atoms with Gasteiger partial charge in [-0.05, 0) is 50.2 Å². The van der Waals surface area contributed by atoms with Crippen molar-refractivity contribution in [1.29, 1.82) is 0 Å². The van der Waals surface area contributed by atoms with Crippen molar-refractivity contribution >= 4 is 23.3 Å². The van der Waals surface area contributed by atoms with Crippen LogP contribution in [0.3, 0.4) is 0 Å². The third-order valence-electron chi connectivity index (χ3n) is 5.35. The van der Waals surface area contributed by atoms with E-state index in [4.69, 9.17) is 5.11 Å². The molecule has 3 aromatic heterocycles. The van der Waals surface area contributed by atoms with Gasteiger partial charge < -0.3 is 20.5 Å². The summed E-state index contributed by atoms with van der Waals surface area (Å²) < 4.78 is 56.8. The Morgan fingerprint density at radius 2 is 1.84 bits per heavy atom. The molecule has 0 spiro atoms. The fraction of sp³-hybridized carbons (Fsp3) is 0.208. The number of aromatic nitrogens is 4. The van der Waals surface area contributed by atoms with Gasteiger partial charge in [0.05, 0.1) is 23.1 Å². The van der Waals surface area contributed by atoms with Crippen molar-refractivity contribution in [2.45, 2.75) is 26.8 Å². The van der Waals surface area contributed by atoms with Gasteiger partial charge >= 0.3 is 6.36 Å². The number of halogens is 4. The van der Waals surface area contributed by atoms with Gasteiger partial charge in [-0.15, -0.1) is 13.2 Å². The van der Waals surface area contributed by atoms with Crippen molar-refractivity contribution in [3.63, 3.8) is 0 Å². The molecule has 0 fully saturated rings. The zero-order valence-electron chi connectivity index (χ0n) is 19.9. The fourth-order valence-electron chi connectivity index (χ4n) is 3.64. The molecule has 1 aromatic carbocycles. The zero-order chi connectivity index (χ0) is 27.6. The van der Waals surface area contributed by atoms with E-state index >= 15 is 0 Å². The third kappa shape index (κ3) is 6.03. The van der Waals surface area contributed by atoms with Crippen molar-refractivity contribution in [2.75, 3.05) is 11.9 Å². The molecule has 198 valence electrons. The number of anilines is 1. The Morgan fingerprint density at radius 1 is 1.08 bits per heavy atom. The minimum absolute atomic E-state index is 0.150. The number of aliphatic hydroxyl groups excluding tert-OH is 1. The van der Waals surface area contributed by atoms with Gasteiger partial charge in [0.2, 0.25) is 0 Å². The molecule has 0 saturated carbocycles. The van der Waals surface area contributed by atoms with Crippen molar-refractivity contribution in [3.05, 3.63) is 70.9 Å². The normalized spacial score (nSPS) is 11.4. The predicted octanol–water partition coefficient (Wildman–Crippen LogP) is 3.31. The molecule has 3 N–H and O–H groups in total. The molecule has 0 aliphatic carbocycles. The molecule has 14 heteroatoms. The van der Waals surface area contributed by atoms with Crippen LogP contribution in [0, 0.1) is 19.7 Å². The first kappa shape index (κ1) is 26.5. The molecular weight excluding hydrogens is 512 g/mol. The number of imidazole rings is 1. The molecule has 0 aliphatic rings. The largest absolute Gasteiger partial charge is 0.573 e. The molecule has 0 bridgehead atoms. The lowest BCUT2D eigenvalue weighted by Crippen LogP contribution is -2.25. The number of hydrogen-bond acceptors (Lipinski definition) is 7. The van der Waals surface area contributed by atoms with E-state index in [1.165, 1.54) is 10.7 Å². The lowest BCUT2D eigenvalue weighted by molar-refractivity contribution is -0.274. The van der Waals surface area contributed by atoms with Gasteiger partial charge in [0.25, 0.3) is 11.8 Å².